The van der Waals surface area contributed by atoms with Crippen LogP contribution < -0.4 is 5.32 Å². The molecule has 0 heterocycles. The van der Waals surface area contributed by atoms with Crippen LogP contribution in [0.3, 0.4) is 0 Å². The Morgan fingerprint density at radius 1 is 1.35 bits per heavy atom. The van der Waals surface area contributed by atoms with Crippen molar-refractivity contribution in [2.45, 2.75) is 6.10 Å². The smallest absolute Gasteiger partial charge is 0.334 e. The second kappa shape index (κ2) is 6.13. The SMILES string of the molecule is O=C(NCC(O)C(=O)O)c1cc(Br)ccc1Br. The fourth-order valence-corrected chi connectivity index (χ4v) is 1.83. The summed E-state index contributed by atoms with van der Waals surface area (Å²) < 4.78 is 1.31. The third-order valence-electron chi connectivity index (χ3n) is 1.91. The zero-order valence-corrected chi connectivity index (χ0v) is 11.7. The lowest BCUT2D eigenvalue weighted by molar-refractivity contribution is -0.146. The van der Waals surface area contributed by atoms with Crippen LogP contribution in [0.25, 0.3) is 0 Å². The largest absolute Gasteiger partial charge is 0.479 e. The van der Waals surface area contributed by atoms with Gasteiger partial charge in [-0.1, -0.05) is 15.9 Å². The predicted octanol–water partition coefficient (Wildman–Crippen LogP) is 1.39. The van der Waals surface area contributed by atoms with E-state index in [1.807, 2.05) is 0 Å². The zero-order valence-electron chi connectivity index (χ0n) is 8.48. The number of carbonyl (C=O) groups is 2. The van der Waals surface area contributed by atoms with Gasteiger partial charge in [-0.15, -0.1) is 0 Å². The molecule has 1 unspecified atom stereocenters. The Kier molecular flexibility index (Phi) is 5.10. The number of nitrogens with one attached hydrogen (secondary N) is 1. The van der Waals surface area contributed by atoms with E-state index in [-0.39, 0.29) is 6.54 Å². The molecule has 1 rings (SSSR count). The molecular formula is C10H9Br2NO4. The number of aliphatic carboxylic acids is 1. The van der Waals surface area contributed by atoms with Crippen LogP contribution in [0.5, 0.6) is 0 Å². The van der Waals surface area contributed by atoms with Crippen LogP contribution >= 0.6 is 31.9 Å². The molecule has 92 valence electrons. The number of rotatable bonds is 4. The molecule has 17 heavy (non-hydrogen) atoms. The van der Waals surface area contributed by atoms with E-state index in [0.29, 0.717) is 10.0 Å². The summed E-state index contributed by atoms with van der Waals surface area (Å²) in [7, 11) is 0. The van der Waals surface area contributed by atoms with Gasteiger partial charge in [0.15, 0.2) is 6.10 Å². The summed E-state index contributed by atoms with van der Waals surface area (Å²) in [6.45, 7) is -0.340. The van der Waals surface area contributed by atoms with E-state index in [4.69, 9.17) is 10.2 Å². The van der Waals surface area contributed by atoms with Gasteiger partial charge in [-0.3, -0.25) is 4.79 Å². The Hall–Kier alpha value is -0.920. The van der Waals surface area contributed by atoms with E-state index in [9.17, 15) is 9.59 Å². The topological polar surface area (TPSA) is 86.6 Å². The molecule has 0 spiro atoms. The molecule has 0 aliphatic carbocycles. The Balaban J connectivity index is 2.70. The van der Waals surface area contributed by atoms with Crippen LogP contribution in [0, 0.1) is 0 Å². The molecule has 1 aromatic rings. The molecule has 0 aromatic heterocycles. The van der Waals surface area contributed by atoms with Crippen LogP contribution in [0.1, 0.15) is 10.4 Å². The molecule has 3 N–H and O–H groups in total. The predicted molar refractivity (Wildman–Crippen MR) is 67.8 cm³/mol. The first-order valence-electron chi connectivity index (χ1n) is 4.56. The third-order valence-corrected chi connectivity index (χ3v) is 3.10. The van der Waals surface area contributed by atoms with Gasteiger partial charge in [0.25, 0.3) is 5.91 Å². The summed E-state index contributed by atoms with van der Waals surface area (Å²) in [6.07, 6.45) is -1.61. The van der Waals surface area contributed by atoms with E-state index in [0.717, 1.165) is 4.47 Å². The molecular weight excluding hydrogens is 358 g/mol. The standard InChI is InChI=1S/C10H9Br2NO4/c11-5-1-2-7(12)6(3-5)9(15)13-4-8(14)10(16)17/h1-3,8,14H,4H2,(H,13,15)(H,16,17). The van der Waals surface area contributed by atoms with E-state index in [2.05, 4.69) is 37.2 Å². The number of amides is 1. The number of benzene rings is 1. The molecule has 0 saturated carbocycles. The number of hydrogen-bond donors (Lipinski definition) is 3. The molecule has 0 saturated heterocycles. The van der Waals surface area contributed by atoms with Gasteiger partial charge in [0.2, 0.25) is 0 Å². The highest BCUT2D eigenvalue weighted by molar-refractivity contribution is 9.11. The minimum absolute atomic E-state index is 0.340. The third kappa shape index (κ3) is 4.10. The maximum atomic E-state index is 11.7. The summed E-state index contributed by atoms with van der Waals surface area (Å²) in [5.41, 5.74) is 0.358. The molecule has 0 aliphatic heterocycles. The lowest BCUT2D eigenvalue weighted by Crippen LogP contribution is -2.36. The van der Waals surface area contributed by atoms with Crippen molar-refractivity contribution in [1.29, 1.82) is 0 Å². The number of aliphatic hydroxyl groups excluding tert-OH is 1. The van der Waals surface area contributed by atoms with Gasteiger partial charge >= 0.3 is 5.97 Å². The fourth-order valence-electron chi connectivity index (χ4n) is 1.04. The maximum absolute atomic E-state index is 11.7. The highest BCUT2D eigenvalue weighted by atomic mass is 79.9. The molecule has 0 bridgehead atoms. The Bertz CT molecular complexity index is 450. The summed E-state index contributed by atoms with van der Waals surface area (Å²) in [6, 6.07) is 5.03. The Labute approximate surface area is 114 Å². The zero-order chi connectivity index (χ0) is 13.0. The number of carbonyl (C=O) groups excluding carboxylic acids is 1. The fraction of sp³-hybridized carbons (Fsp3) is 0.200. The lowest BCUT2D eigenvalue weighted by Gasteiger charge is -2.09. The monoisotopic (exact) mass is 365 g/mol. The molecule has 1 amide bonds. The second-order valence-electron chi connectivity index (χ2n) is 3.19. The highest BCUT2D eigenvalue weighted by Gasteiger charge is 2.16. The van der Waals surface area contributed by atoms with Gasteiger partial charge in [0, 0.05) is 8.95 Å². The van der Waals surface area contributed by atoms with E-state index >= 15 is 0 Å². The van der Waals surface area contributed by atoms with Crippen LogP contribution in [0.2, 0.25) is 0 Å². The first kappa shape index (κ1) is 14.1. The number of carboxylic acids is 1. The molecule has 1 atom stereocenters. The number of hydrogen-bond acceptors (Lipinski definition) is 3. The summed E-state index contributed by atoms with van der Waals surface area (Å²) in [4.78, 5) is 22.0. The van der Waals surface area contributed by atoms with Crippen molar-refractivity contribution in [1.82, 2.24) is 5.32 Å². The van der Waals surface area contributed by atoms with Crippen LogP contribution in [-0.4, -0.2) is 34.7 Å². The molecule has 1 aromatic carbocycles. The molecule has 0 aliphatic rings. The van der Waals surface area contributed by atoms with Crippen LogP contribution in [-0.2, 0) is 4.79 Å². The Morgan fingerprint density at radius 2 is 2.00 bits per heavy atom. The van der Waals surface area contributed by atoms with Gasteiger partial charge in [0.1, 0.15) is 0 Å². The minimum atomic E-state index is -1.61. The van der Waals surface area contributed by atoms with Crippen molar-refractivity contribution < 1.29 is 19.8 Å². The van der Waals surface area contributed by atoms with Crippen molar-refractivity contribution in [2.75, 3.05) is 6.54 Å². The van der Waals surface area contributed by atoms with E-state index in [1.165, 1.54) is 0 Å². The molecule has 7 heteroatoms. The number of carboxylic acid groups (broad SMARTS) is 1. The maximum Gasteiger partial charge on any atom is 0.334 e. The van der Waals surface area contributed by atoms with Gasteiger partial charge in [-0.25, -0.2) is 4.79 Å². The van der Waals surface area contributed by atoms with Gasteiger partial charge < -0.3 is 15.5 Å². The summed E-state index contributed by atoms with van der Waals surface area (Å²) in [5, 5.41) is 19.8. The summed E-state index contributed by atoms with van der Waals surface area (Å²) >= 11 is 6.43. The van der Waals surface area contributed by atoms with Crippen LogP contribution in [0.4, 0.5) is 0 Å². The minimum Gasteiger partial charge on any atom is -0.479 e. The average Bonchev–Trinajstić information content (AvgIpc) is 2.28. The first-order chi connectivity index (χ1) is 7.91. The quantitative estimate of drug-likeness (QED) is 0.751. The van der Waals surface area contributed by atoms with E-state index < -0.39 is 18.0 Å². The van der Waals surface area contributed by atoms with Crippen molar-refractivity contribution in [3.63, 3.8) is 0 Å². The van der Waals surface area contributed by atoms with Crippen molar-refractivity contribution in [2.24, 2.45) is 0 Å². The molecule has 0 radical (unpaired) electrons. The van der Waals surface area contributed by atoms with Gasteiger partial charge in [0.05, 0.1) is 12.1 Å². The second-order valence-corrected chi connectivity index (χ2v) is 4.96. The molecule has 5 nitrogen and oxygen atoms in total. The number of aliphatic hydroxyl groups is 1. The average molecular weight is 367 g/mol. The highest BCUT2D eigenvalue weighted by Crippen LogP contribution is 2.21. The first-order valence-corrected chi connectivity index (χ1v) is 6.14. The van der Waals surface area contributed by atoms with Crippen molar-refractivity contribution in [3.8, 4) is 0 Å². The van der Waals surface area contributed by atoms with E-state index in [1.54, 1.807) is 18.2 Å². The number of halogens is 2. The normalized spacial score (nSPS) is 11.9. The van der Waals surface area contributed by atoms with Crippen LogP contribution in [0.15, 0.2) is 27.1 Å². The summed E-state index contributed by atoms with van der Waals surface area (Å²) in [5.74, 6) is -1.84. The van der Waals surface area contributed by atoms with Gasteiger partial charge in [-0.05, 0) is 34.1 Å². The van der Waals surface area contributed by atoms with Crippen molar-refractivity contribution in [3.05, 3.63) is 32.7 Å². The molecule has 0 fully saturated rings. The van der Waals surface area contributed by atoms with Gasteiger partial charge in [-0.2, -0.15) is 0 Å². The Morgan fingerprint density at radius 3 is 2.59 bits per heavy atom. The lowest BCUT2D eigenvalue weighted by atomic mass is 10.2. The van der Waals surface area contributed by atoms with Crippen molar-refractivity contribution >= 4 is 43.7 Å².